The van der Waals surface area contributed by atoms with Gasteiger partial charge in [0.1, 0.15) is 0 Å². The number of halogens is 1. The molecule has 5 nitrogen and oxygen atoms in total. The Kier molecular flexibility index (Phi) is 6.59. The van der Waals surface area contributed by atoms with Crippen LogP contribution in [0.5, 0.6) is 0 Å². The maximum absolute atomic E-state index is 13.0. The van der Waals surface area contributed by atoms with E-state index in [9.17, 15) is 14.7 Å². The third-order valence-corrected chi connectivity index (χ3v) is 4.75. The number of aromatic carboxylic acids is 1. The van der Waals surface area contributed by atoms with Gasteiger partial charge < -0.3 is 15.7 Å². The van der Waals surface area contributed by atoms with Crippen LogP contribution >= 0.6 is 23.8 Å². The maximum atomic E-state index is 13.0. The number of carboxylic acids is 1. The molecule has 3 aromatic carbocycles. The molecule has 0 saturated heterocycles. The molecule has 3 aromatic rings. The van der Waals surface area contributed by atoms with Crippen molar-refractivity contribution >= 4 is 46.5 Å². The monoisotopic (exact) mass is 424 g/mol. The number of carbonyl (C=O) groups is 2. The van der Waals surface area contributed by atoms with E-state index in [1.807, 2.05) is 60.7 Å². The number of benzene rings is 3. The SMILES string of the molecule is O=C(O)c1cc(NC(=S)NC(=O)C(c2ccccc2)c2ccccc2)ccc1Cl. The molecule has 0 aliphatic carbocycles. The largest absolute Gasteiger partial charge is 0.478 e. The number of carboxylic acid groups (broad SMARTS) is 1. The van der Waals surface area contributed by atoms with E-state index in [0.29, 0.717) is 5.69 Å². The molecule has 0 bridgehead atoms. The topological polar surface area (TPSA) is 78.4 Å². The summed E-state index contributed by atoms with van der Waals surface area (Å²) in [5.74, 6) is -1.99. The van der Waals surface area contributed by atoms with Crippen molar-refractivity contribution in [1.29, 1.82) is 0 Å². The van der Waals surface area contributed by atoms with Gasteiger partial charge in [0.15, 0.2) is 5.11 Å². The lowest BCUT2D eigenvalue weighted by molar-refractivity contribution is -0.120. The fraction of sp³-hybridized carbons (Fsp3) is 0.0455. The van der Waals surface area contributed by atoms with Gasteiger partial charge in [0.25, 0.3) is 0 Å². The Labute approximate surface area is 178 Å². The summed E-state index contributed by atoms with van der Waals surface area (Å²) in [5, 5.41) is 14.9. The molecule has 7 heteroatoms. The van der Waals surface area contributed by atoms with Crippen LogP contribution in [0.3, 0.4) is 0 Å². The molecule has 3 N–H and O–H groups in total. The molecular weight excluding hydrogens is 408 g/mol. The molecule has 0 heterocycles. The molecule has 3 rings (SSSR count). The number of hydrogen-bond acceptors (Lipinski definition) is 3. The Balaban J connectivity index is 1.79. The Morgan fingerprint density at radius 1 is 0.897 bits per heavy atom. The van der Waals surface area contributed by atoms with E-state index in [4.69, 9.17) is 23.8 Å². The van der Waals surface area contributed by atoms with Crippen LogP contribution < -0.4 is 10.6 Å². The van der Waals surface area contributed by atoms with E-state index in [1.54, 1.807) is 6.07 Å². The predicted molar refractivity (Wildman–Crippen MR) is 118 cm³/mol. The summed E-state index contributed by atoms with van der Waals surface area (Å²) in [5.41, 5.74) is 2.02. The summed E-state index contributed by atoms with van der Waals surface area (Å²) < 4.78 is 0. The minimum atomic E-state index is -1.15. The predicted octanol–water partition coefficient (Wildman–Crippen LogP) is 4.68. The highest BCUT2D eigenvalue weighted by Gasteiger charge is 2.23. The summed E-state index contributed by atoms with van der Waals surface area (Å²) in [7, 11) is 0. The molecule has 1 amide bonds. The van der Waals surface area contributed by atoms with Gasteiger partial charge in [0, 0.05) is 5.69 Å². The Morgan fingerprint density at radius 3 is 1.97 bits per heavy atom. The lowest BCUT2D eigenvalue weighted by Gasteiger charge is -2.19. The van der Waals surface area contributed by atoms with Gasteiger partial charge in [-0.3, -0.25) is 4.79 Å². The summed E-state index contributed by atoms with van der Waals surface area (Å²) >= 11 is 11.1. The zero-order chi connectivity index (χ0) is 20.8. The molecule has 0 saturated carbocycles. The molecule has 0 unspecified atom stereocenters. The summed E-state index contributed by atoms with van der Waals surface area (Å²) in [4.78, 5) is 24.2. The first-order valence-corrected chi connectivity index (χ1v) is 9.49. The second-order valence-corrected chi connectivity index (χ2v) is 7.01. The van der Waals surface area contributed by atoms with Gasteiger partial charge in [0.05, 0.1) is 16.5 Å². The molecule has 0 aromatic heterocycles. The molecule has 29 heavy (non-hydrogen) atoms. The van der Waals surface area contributed by atoms with Gasteiger partial charge >= 0.3 is 5.97 Å². The lowest BCUT2D eigenvalue weighted by Crippen LogP contribution is -2.37. The van der Waals surface area contributed by atoms with Crippen molar-refractivity contribution in [1.82, 2.24) is 5.32 Å². The van der Waals surface area contributed by atoms with Gasteiger partial charge in [-0.15, -0.1) is 0 Å². The molecule has 0 spiro atoms. The Hall–Kier alpha value is -3.22. The maximum Gasteiger partial charge on any atom is 0.337 e. The number of rotatable bonds is 5. The number of amides is 1. The average Bonchev–Trinajstić information content (AvgIpc) is 2.71. The van der Waals surface area contributed by atoms with Crippen LogP contribution in [-0.2, 0) is 4.79 Å². The Bertz CT molecular complexity index is 1000. The number of carbonyl (C=O) groups excluding carboxylic acids is 1. The quantitative estimate of drug-likeness (QED) is 0.518. The van der Waals surface area contributed by atoms with E-state index in [-0.39, 0.29) is 21.6 Å². The Morgan fingerprint density at radius 2 is 1.45 bits per heavy atom. The van der Waals surface area contributed by atoms with Crippen LogP contribution in [0.25, 0.3) is 0 Å². The van der Waals surface area contributed by atoms with Gasteiger partial charge in [0.2, 0.25) is 5.91 Å². The average molecular weight is 425 g/mol. The first-order valence-electron chi connectivity index (χ1n) is 8.70. The minimum absolute atomic E-state index is 0.0581. The van der Waals surface area contributed by atoms with Crippen molar-refractivity contribution in [3.05, 3.63) is 101 Å². The number of thiocarbonyl (C=S) groups is 1. The number of hydrogen-bond donors (Lipinski definition) is 3. The molecule has 146 valence electrons. The number of nitrogens with one attached hydrogen (secondary N) is 2. The van der Waals surface area contributed by atoms with Gasteiger partial charge in [-0.2, -0.15) is 0 Å². The molecular formula is C22H17ClN2O3S. The minimum Gasteiger partial charge on any atom is -0.478 e. The third kappa shape index (κ3) is 5.19. The van der Waals surface area contributed by atoms with Crippen LogP contribution in [0.4, 0.5) is 5.69 Å². The fourth-order valence-electron chi connectivity index (χ4n) is 2.90. The van der Waals surface area contributed by atoms with Crippen molar-refractivity contribution in [2.75, 3.05) is 5.32 Å². The van der Waals surface area contributed by atoms with E-state index < -0.39 is 11.9 Å². The van der Waals surface area contributed by atoms with Crippen molar-refractivity contribution in [3.8, 4) is 0 Å². The summed E-state index contributed by atoms with van der Waals surface area (Å²) in [6.07, 6.45) is 0. The van der Waals surface area contributed by atoms with Crippen LogP contribution in [0.15, 0.2) is 78.9 Å². The van der Waals surface area contributed by atoms with E-state index in [0.717, 1.165) is 11.1 Å². The van der Waals surface area contributed by atoms with Crippen molar-refractivity contribution in [3.63, 3.8) is 0 Å². The lowest BCUT2D eigenvalue weighted by atomic mass is 9.90. The van der Waals surface area contributed by atoms with Gasteiger partial charge in [-0.05, 0) is 41.5 Å². The van der Waals surface area contributed by atoms with Crippen molar-refractivity contribution in [2.24, 2.45) is 0 Å². The smallest absolute Gasteiger partial charge is 0.337 e. The standard InChI is InChI=1S/C22H17ClN2O3S/c23-18-12-11-16(13-17(18)21(27)28)24-22(29)25-20(26)19(14-7-3-1-4-8-14)15-9-5-2-6-10-15/h1-13,19H,(H,27,28)(H2,24,25,26,29). The normalized spacial score (nSPS) is 10.4. The fourth-order valence-corrected chi connectivity index (χ4v) is 3.32. The zero-order valence-electron chi connectivity index (χ0n) is 15.1. The number of anilines is 1. The third-order valence-electron chi connectivity index (χ3n) is 4.22. The van der Waals surface area contributed by atoms with Crippen molar-refractivity contribution in [2.45, 2.75) is 5.92 Å². The molecule has 0 atom stereocenters. The second-order valence-electron chi connectivity index (χ2n) is 6.20. The first-order chi connectivity index (χ1) is 14.0. The molecule has 0 aliphatic heterocycles. The van der Waals surface area contributed by atoms with Gasteiger partial charge in [-0.25, -0.2) is 4.79 Å². The first kappa shape index (κ1) is 20.5. The van der Waals surface area contributed by atoms with Crippen LogP contribution in [0.2, 0.25) is 5.02 Å². The highest BCUT2D eigenvalue weighted by atomic mass is 35.5. The van der Waals surface area contributed by atoms with Gasteiger partial charge in [-0.1, -0.05) is 72.3 Å². The van der Waals surface area contributed by atoms with Crippen molar-refractivity contribution < 1.29 is 14.7 Å². The molecule has 0 fully saturated rings. The molecule has 0 radical (unpaired) electrons. The van der Waals surface area contributed by atoms with Crippen LogP contribution in [0.1, 0.15) is 27.4 Å². The summed E-state index contributed by atoms with van der Waals surface area (Å²) in [6, 6.07) is 23.2. The van der Waals surface area contributed by atoms with Crippen LogP contribution in [-0.4, -0.2) is 22.1 Å². The summed E-state index contributed by atoms with van der Waals surface area (Å²) in [6.45, 7) is 0. The molecule has 0 aliphatic rings. The highest BCUT2D eigenvalue weighted by Crippen LogP contribution is 2.25. The highest BCUT2D eigenvalue weighted by molar-refractivity contribution is 7.80. The zero-order valence-corrected chi connectivity index (χ0v) is 16.7. The van der Waals surface area contributed by atoms with E-state index in [1.165, 1.54) is 12.1 Å². The van der Waals surface area contributed by atoms with Crippen LogP contribution in [0, 0.1) is 0 Å². The van der Waals surface area contributed by atoms with E-state index in [2.05, 4.69) is 10.6 Å². The second kappa shape index (κ2) is 9.32. The van der Waals surface area contributed by atoms with E-state index >= 15 is 0 Å².